The zero-order valence-corrected chi connectivity index (χ0v) is 15.6. The van der Waals surface area contributed by atoms with Crippen LogP contribution in [0, 0.1) is 6.92 Å². The largest absolute Gasteiger partial charge is 0.330 e. The van der Waals surface area contributed by atoms with Crippen molar-refractivity contribution in [2.45, 2.75) is 45.4 Å². The number of nitrogens with two attached hydrogens (primary N) is 1. The Kier molecular flexibility index (Phi) is 9.52. The number of rotatable bonds is 9. The van der Waals surface area contributed by atoms with Crippen LogP contribution in [0.25, 0.3) is 0 Å². The molecule has 0 bridgehead atoms. The van der Waals surface area contributed by atoms with Gasteiger partial charge in [-0.15, -0.1) is 22.6 Å². The lowest BCUT2D eigenvalue weighted by atomic mass is 10.1. The Balaban J connectivity index is 0.00000288. The summed E-state index contributed by atoms with van der Waals surface area (Å²) >= 11 is 1.44. The quantitative estimate of drug-likeness (QED) is 0.661. The fourth-order valence-electron chi connectivity index (χ4n) is 2.22. The predicted octanol–water partition coefficient (Wildman–Crippen LogP) is 3.71. The Bertz CT molecular complexity index is 615. The summed E-state index contributed by atoms with van der Waals surface area (Å²) in [5.41, 5.74) is 7.88. The van der Waals surface area contributed by atoms with Crippen molar-refractivity contribution in [1.82, 2.24) is 10.2 Å². The van der Waals surface area contributed by atoms with Gasteiger partial charge in [-0.1, -0.05) is 54.0 Å². The first-order chi connectivity index (χ1) is 11.2. The van der Waals surface area contributed by atoms with Crippen molar-refractivity contribution in [3.05, 3.63) is 40.4 Å². The number of nitrogens with zero attached hydrogens (tertiary/aromatic N) is 2. The highest BCUT2D eigenvalue weighted by Gasteiger charge is 2.08. The van der Waals surface area contributed by atoms with Gasteiger partial charge in [0.2, 0.25) is 11.0 Å². The van der Waals surface area contributed by atoms with Gasteiger partial charge in [-0.3, -0.25) is 4.79 Å². The molecule has 132 valence electrons. The highest BCUT2D eigenvalue weighted by Crippen LogP contribution is 2.19. The lowest BCUT2D eigenvalue weighted by Crippen LogP contribution is -2.10. The zero-order chi connectivity index (χ0) is 16.5. The van der Waals surface area contributed by atoms with Gasteiger partial charge >= 0.3 is 0 Å². The number of hydrogen-bond donors (Lipinski definition) is 2. The van der Waals surface area contributed by atoms with Crippen molar-refractivity contribution in [2.24, 2.45) is 5.73 Å². The van der Waals surface area contributed by atoms with Crippen molar-refractivity contribution in [1.29, 1.82) is 0 Å². The Labute approximate surface area is 153 Å². The summed E-state index contributed by atoms with van der Waals surface area (Å²) in [6.07, 6.45) is 5.31. The molecular weight excluding hydrogens is 344 g/mol. The topological polar surface area (TPSA) is 80.9 Å². The van der Waals surface area contributed by atoms with E-state index in [2.05, 4.69) is 46.7 Å². The van der Waals surface area contributed by atoms with Crippen LogP contribution in [-0.4, -0.2) is 22.6 Å². The van der Waals surface area contributed by atoms with E-state index in [4.69, 9.17) is 5.73 Å². The minimum absolute atomic E-state index is 0. The summed E-state index contributed by atoms with van der Waals surface area (Å²) in [7, 11) is 0. The molecule has 1 heterocycles. The first-order valence-corrected chi connectivity index (χ1v) is 8.87. The Hall–Kier alpha value is -1.50. The van der Waals surface area contributed by atoms with Crippen LogP contribution >= 0.6 is 23.7 Å². The third-order valence-corrected chi connectivity index (χ3v) is 4.39. The van der Waals surface area contributed by atoms with Crippen LogP contribution < -0.4 is 11.1 Å². The van der Waals surface area contributed by atoms with E-state index in [1.807, 2.05) is 0 Å². The molecular formula is C17H25ClN4OS. The molecule has 0 saturated heterocycles. The molecule has 0 saturated carbocycles. The number of benzene rings is 1. The van der Waals surface area contributed by atoms with Crippen LogP contribution in [0.1, 0.15) is 48.2 Å². The van der Waals surface area contributed by atoms with Crippen molar-refractivity contribution in [3.8, 4) is 0 Å². The maximum atomic E-state index is 11.9. The monoisotopic (exact) mass is 368 g/mol. The van der Waals surface area contributed by atoms with Crippen LogP contribution in [0.2, 0.25) is 0 Å². The van der Waals surface area contributed by atoms with Crippen LogP contribution in [0.3, 0.4) is 0 Å². The molecule has 0 aliphatic heterocycles. The lowest BCUT2D eigenvalue weighted by Gasteiger charge is -2.01. The van der Waals surface area contributed by atoms with E-state index >= 15 is 0 Å². The molecule has 0 spiro atoms. The van der Waals surface area contributed by atoms with Crippen LogP contribution in [0.4, 0.5) is 5.13 Å². The van der Waals surface area contributed by atoms with Crippen molar-refractivity contribution in [2.75, 3.05) is 11.9 Å². The highest BCUT2D eigenvalue weighted by atomic mass is 35.5. The van der Waals surface area contributed by atoms with E-state index in [-0.39, 0.29) is 18.3 Å². The molecule has 0 radical (unpaired) electrons. The second kappa shape index (κ2) is 11.1. The number of aromatic nitrogens is 2. The SMILES string of the molecule is Cc1ccc(Cc2nnc(NC(=O)CCCCCCN)s2)cc1.Cl. The van der Waals surface area contributed by atoms with Crippen molar-refractivity contribution in [3.63, 3.8) is 0 Å². The number of aryl methyl sites for hydroxylation is 1. The summed E-state index contributed by atoms with van der Waals surface area (Å²) in [5.74, 6) is 0.00999. The lowest BCUT2D eigenvalue weighted by molar-refractivity contribution is -0.116. The number of halogens is 1. The predicted molar refractivity (Wildman–Crippen MR) is 102 cm³/mol. The highest BCUT2D eigenvalue weighted by molar-refractivity contribution is 7.15. The van der Waals surface area contributed by atoms with Gasteiger partial charge in [-0.05, 0) is 31.9 Å². The molecule has 1 amide bonds. The van der Waals surface area contributed by atoms with Gasteiger partial charge in [-0.2, -0.15) is 0 Å². The number of carbonyl (C=O) groups excluding carboxylic acids is 1. The van der Waals surface area contributed by atoms with E-state index in [1.165, 1.54) is 22.5 Å². The normalized spacial score (nSPS) is 10.2. The molecule has 24 heavy (non-hydrogen) atoms. The van der Waals surface area contributed by atoms with Crippen LogP contribution in [0.15, 0.2) is 24.3 Å². The third-order valence-electron chi connectivity index (χ3n) is 3.55. The van der Waals surface area contributed by atoms with E-state index in [1.54, 1.807) is 0 Å². The zero-order valence-electron chi connectivity index (χ0n) is 14.0. The van der Waals surface area contributed by atoms with Gasteiger partial charge in [0.05, 0.1) is 0 Å². The number of nitrogens with one attached hydrogen (secondary N) is 1. The number of amides is 1. The van der Waals surface area contributed by atoms with E-state index in [9.17, 15) is 4.79 Å². The Morgan fingerprint density at radius 2 is 1.83 bits per heavy atom. The molecule has 1 aromatic carbocycles. The van der Waals surface area contributed by atoms with Gasteiger partial charge in [0.1, 0.15) is 5.01 Å². The smallest absolute Gasteiger partial charge is 0.226 e. The molecule has 0 aliphatic carbocycles. The van der Waals surface area contributed by atoms with Gasteiger partial charge in [-0.25, -0.2) is 0 Å². The Morgan fingerprint density at radius 1 is 1.12 bits per heavy atom. The average molecular weight is 369 g/mol. The molecule has 7 heteroatoms. The fourth-order valence-corrected chi connectivity index (χ4v) is 3.01. The summed E-state index contributed by atoms with van der Waals surface area (Å²) < 4.78 is 0. The minimum atomic E-state index is 0. The molecule has 0 unspecified atom stereocenters. The maximum absolute atomic E-state index is 11.9. The van der Waals surface area contributed by atoms with Gasteiger partial charge in [0.15, 0.2) is 0 Å². The van der Waals surface area contributed by atoms with Gasteiger partial charge < -0.3 is 11.1 Å². The molecule has 2 rings (SSSR count). The van der Waals surface area contributed by atoms with Crippen LogP contribution in [0.5, 0.6) is 0 Å². The number of unbranched alkanes of at least 4 members (excludes halogenated alkanes) is 3. The fraction of sp³-hybridized carbons (Fsp3) is 0.471. The molecule has 2 aromatic rings. The number of carbonyl (C=O) groups is 1. The number of hydrogen-bond acceptors (Lipinski definition) is 5. The molecule has 0 aliphatic rings. The summed E-state index contributed by atoms with van der Waals surface area (Å²) in [6, 6.07) is 8.36. The second-order valence-corrected chi connectivity index (χ2v) is 6.73. The Morgan fingerprint density at radius 3 is 2.54 bits per heavy atom. The molecule has 1 aromatic heterocycles. The second-order valence-electron chi connectivity index (χ2n) is 5.66. The summed E-state index contributed by atoms with van der Waals surface area (Å²) in [5, 5.41) is 12.5. The maximum Gasteiger partial charge on any atom is 0.226 e. The standard InChI is InChI=1S/C17H24N4OS.ClH/c1-13-7-9-14(10-8-13)12-16-20-21-17(23-16)19-15(22)6-4-2-3-5-11-18;/h7-10H,2-6,11-12,18H2,1H3,(H,19,21,22);1H. The number of anilines is 1. The summed E-state index contributed by atoms with van der Waals surface area (Å²) in [6.45, 7) is 2.79. The van der Waals surface area contributed by atoms with Crippen LogP contribution in [-0.2, 0) is 11.2 Å². The first-order valence-electron chi connectivity index (χ1n) is 8.05. The van der Waals surface area contributed by atoms with Gasteiger partial charge in [0, 0.05) is 12.8 Å². The molecule has 0 fully saturated rings. The molecule has 3 N–H and O–H groups in total. The van der Waals surface area contributed by atoms with E-state index < -0.39 is 0 Å². The van der Waals surface area contributed by atoms with Crippen molar-refractivity contribution < 1.29 is 4.79 Å². The molecule has 5 nitrogen and oxygen atoms in total. The van der Waals surface area contributed by atoms with E-state index in [0.717, 1.165) is 43.7 Å². The van der Waals surface area contributed by atoms with E-state index in [0.29, 0.717) is 11.6 Å². The molecule has 0 atom stereocenters. The third kappa shape index (κ3) is 7.38. The summed E-state index contributed by atoms with van der Waals surface area (Å²) in [4.78, 5) is 11.9. The average Bonchev–Trinajstić information content (AvgIpc) is 2.96. The first kappa shape index (κ1) is 20.5. The van der Waals surface area contributed by atoms with Crippen molar-refractivity contribution >= 4 is 34.8 Å². The van der Waals surface area contributed by atoms with Gasteiger partial charge in [0.25, 0.3) is 0 Å². The minimum Gasteiger partial charge on any atom is -0.330 e.